The van der Waals surface area contributed by atoms with E-state index in [4.69, 9.17) is 4.74 Å². The van der Waals surface area contributed by atoms with E-state index in [1.54, 1.807) is 0 Å². The lowest BCUT2D eigenvalue weighted by molar-refractivity contribution is -0.137. The van der Waals surface area contributed by atoms with Crippen molar-refractivity contribution in [2.45, 2.75) is 50.9 Å². The minimum absolute atomic E-state index is 0.0650. The topological polar surface area (TPSA) is 102 Å². The summed E-state index contributed by atoms with van der Waals surface area (Å²) in [4.78, 5) is 34.1. The molecule has 1 amide bonds. The molecule has 8 heteroatoms. The molecule has 1 aliphatic carbocycles. The third-order valence-corrected chi connectivity index (χ3v) is 6.87. The van der Waals surface area contributed by atoms with Crippen molar-refractivity contribution in [1.29, 1.82) is 0 Å². The Balaban J connectivity index is 2.00. The molecule has 2 unspecified atom stereocenters. The molecule has 0 spiro atoms. The van der Waals surface area contributed by atoms with Gasteiger partial charge < -0.3 is 19.7 Å². The second-order valence-corrected chi connectivity index (χ2v) is 9.40. The molecular weight excluding hydrogens is 369 g/mol. The SMILES string of the molecule is COC(=O)CP(=O)(O)C(CC1CCCCC1)NC(=O)OCc1ccccc1. The summed E-state index contributed by atoms with van der Waals surface area (Å²) in [7, 11) is -2.81. The summed E-state index contributed by atoms with van der Waals surface area (Å²) >= 11 is 0. The molecule has 1 aromatic rings. The van der Waals surface area contributed by atoms with Crippen molar-refractivity contribution in [3.05, 3.63) is 35.9 Å². The summed E-state index contributed by atoms with van der Waals surface area (Å²) in [5.74, 6) is -1.55. The van der Waals surface area contributed by atoms with Gasteiger partial charge in [0.1, 0.15) is 18.6 Å². The third kappa shape index (κ3) is 7.35. The van der Waals surface area contributed by atoms with Gasteiger partial charge in [-0.15, -0.1) is 0 Å². The second-order valence-electron chi connectivity index (χ2n) is 6.95. The van der Waals surface area contributed by atoms with Gasteiger partial charge in [0.15, 0.2) is 0 Å². The van der Waals surface area contributed by atoms with Gasteiger partial charge in [-0.2, -0.15) is 0 Å². The van der Waals surface area contributed by atoms with E-state index in [1.165, 1.54) is 7.11 Å². The van der Waals surface area contributed by atoms with Gasteiger partial charge in [0.2, 0.25) is 7.37 Å². The van der Waals surface area contributed by atoms with E-state index in [0.717, 1.165) is 37.7 Å². The van der Waals surface area contributed by atoms with E-state index in [1.807, 2.05) is 30.3 Å². The average Bonchev–Trinajstić information content (AvgIpc) is 2.67. The number of nitrogens with one attached hydrogen (secondary N) is 1. The number of ether oxygens (including phenoxy) is 2. The van der Waals surface area contributed by atoms with E-state index in [0.29, 0.717) is 6.42 Å². The number of hydrogen-bond acceptors (Lipinski definition) is 5. The van der Waals surface area contributed by atoms with E-state index in [2.05, 4.69) is 10.1 Å². The predicted molar refractivity (Wildman–Crippen MR) is 101 cm³/mol. The summed E-state index contributed by atoms with van der Waals surface area (Å²) in [6.45, 7) is 0.0650. The Kier molecular flexibility index (Phi) is 8.32. The van der Waals surface area contributed by atoms with E-state index < -0.39 is 31.4 Å². The van der Waals surface area contributed by atoms with Crippen LogP contribution in [-0.4, -0.2) is 36.0 Å². The van der Waals surface area contributed by atoms with Crippen LogP contribution in [0.3, 0.4) is 0 Å². The molecule has 2 atom stereocenters. The van der Waals surface area contributed by atoms with E-state index >= 15 is 0 Å². The zero-order valence-corrected chi connectivity index (χ0v) is 16.5. The quantitative estimate of drug-likeness (QED) is 0.513. The Hall–Kier alpha value is -1.85. The molecule has 1 saturated carbocycles. The van der Waals surface area contributed by atoms with Crippen LogP contribution in [-0.2, 0) is 25.4 Å². The minimum Gasteiger partial charge on any atom is -0.469 e. The minimum atomic E-state index is -3.98. The maximum absolute atomic E-state index is 12.8. The fraction of sp³-hybridized carbons (Fsp3) is 0.579. The molecule has 2 N–H and O–H groups in total. The molecule has 0 heterocycles. The maximum Gasteiger partial charge on any atom is 0.408 e. The van der Waals surface area contributed by atoms with Crippen molar-refractivity contribution >= 4 is 19.4 Å². The summed E-state index contributed by atoms with van der Waals surface area (Å²) in [6, 6.07) is 9.17. The predicted octanol–water partition coefficient (Wildman–Crippen LogP) is 3.65. The van der Waals surface area contributed by atoms with Crippen LogP contribution in [0.1, 0.15) is 44.1 Å². The molecule has 27 heavy (non-hydrogen) atoms. The monoisotopic (exact) mass is 397 g/mol. The molecule has 7 nitrogen and oxygen atoms in total. The Morgan fingerprint density at radius 3 is 2.52 bits per heavy atom. The van der Waals surface area contributed by atoms with Crippen molar-refractivity contribution in [1.82, 2.24) is 5.32 Å². The van der Waals surface area contributed by atoms with Gasteiger partial charge >= 0.3 is 12.1 Å². The normalized spacial score (nSPS) is 18.1. The number of amides is 1. The lowest BCUT2D eigenvalue weighted by Gasteiger charge is -2.29. The van der Waals surface area contributed by atoms with Gasteiger partial charge in [-0.05, 0) is 17.9 Å². The van der Waals surface area contributed by atoms with Gasteiger partial charge in [-0.3, -0.25) is 9.36 Å². The summed E-state index contributed by atoms with van der Waals surface area (Å²) < 4.78 is 22.4. The van der Waals surface area contributed by atoms with E-state index in [-0.39, 0.29) is 12.5 Å². The number of benzene rings is 1. The highest BCUT2D eigenvalue weighted by molar-refractivity contribution is 7.59. The van der Waals surface area contributed by atoms with Crippen LogP contribution in [0.25, 0.3) is 0 Å². The van der Waals surface area contributed by atoms with Crippen molar-refractivity contribution in [2.24, 2.45) is 5.92 Å². The highest BCUT2D eigenvalue weighted by Gasteiger charge is 2.37. The molecule has 1 fully saturated rings. The summed E-state index contributed by atoms with van der Waals surface area (Å²) in [5.41, 5.74) is 0.818. The van der Waals surface area contributed by atoms with Crippen LogP contribution >= 0.6 is 7.37 Å². The van der Waals surface area contributed by atoms with Crippen LogP contribution in [0.15, 0.2) is 30.3 Å². The molecule has 0 saturated heterocycles. The molecule has 2 rings (SSSR count). The van der Waals surface area contributed by atoms with Crippen LogP contribution < -0.4 is 5.32 Å². The lowest BCUT2D eigenvalue weighted by atomic mass is 9.87. The Morgan fingerprint density at radius 1 is 1.22 bits per heavy atom. The largest absolute Gasteiger partial charge is 0.469 e. The number of methoxy groups -OCH3 is 1. The molecular formula is C19H28NO6P. The fourth-order valence-electron chi connectivity index (χ4n) is 3.32. The lowest BCUT2D eigenvalue weighted by Crippen LogP contribution is -2.38. The van der Waals surface area contributed by atoms with Gasteiger partial charge in [0.05, 0.1) is 7.11 Å². The first-order chi connectivity index (χ1) is 12.9. The number of alkyl carbamates (subject to hydrolysis) is 1. The van der Waals surface area contributed by atoms with Gasteiger partial charge in [-0.1, -0.05) is 62.4 Å². The van der Waals surface area contributed by atoms with Crippen molar-refractivity contribution in [2.75, 3.05) is 13.3 Å². The molecule has 150 valence electrons. The zero-order chi connectivity index (χ0) is 19.7. The fourth-order valence-corrected chi connectivity index (χ4v) is 4.98. The molecule has 1 aromatic carbocycles. The van der Waals surface area contributed by atoms with Crippen LogP contribution in [0, 0.1) is 5.92 Å². The van der Waals surface area contributed by atoms with Gasteiger partial charge in [0.25, 0.3) is 0 Å². The third-order valence-electron chi connectivity index (χ3n) is 4.85. The standard InChI is InChI=1S/C19H28NO6P/c1-25-18(21)14-27(23,24)17(12-15-8-4-2-5-9-15)20-19(22)26-13-16-10-6-3-7-11-16/h3,6-7,10-11,15,17H,2,4-5,8-9,12-14H2,1H3,(H,20,22)(H,23,24). The van der Waals surface area contributed by atoms with Gasteiger partial charge in [-0.25, -0.2) is 4.79 Å². The smallest absolute Gasteiger partial charge is 0.408 e. The second kappa shape index (κ2) is 10.5. The Labute approximate surface area is 159 Å². The van der Waals surface area contributed by atoms with Crippen molar-refractivity contribution in [3.8, 4) is 0 Å². The average molecular weight is 397 g/mol. The van der Waals surface area contributed by atoms with Crippen LogP contribution in [0.2, 0.25) is 0 Å². The van der Waals surface area contributed by atoms with Crippen LogP contribution in [0.4, 0.5) is 4.79 Å². The number of carbonyl (C=O) groups excluding carboxylic acids is 2. The number of rotatable bonds is 8. The molecule has 0 bridgehead atoms. The number of hydrogen-bond donors (Lipinski definition) is 2. The Bertz CT molecular complexity index is 659. The summed E-state index contributed by atoms with van der Waals surface area (Å²) in [5, 5.41) is 2.52. The first kappa shape index (κ1) is 21.5. The Morgan fingerprint density at radius 2 is 1.89 bits per heavy atom. The zero-order valence-electron chi connectivity index (χ0n) is 15.6. The molecule has 1 aliphatic rings. The number of carbonyl (C=O) groups is 2. The highest BCUT2D eigenvalue weighted by atomic mass is 31.2. The van der Waals surface area contributed by atoms with Crippen LogP contribution in [0.5, 0.6) is 0 Å². The summed E-state index contributed by atoms with van der Waals surface area (Å²) in [6.07, 6.45) is 4.17. The first-order valence-electron chi connectivity index (χ1n) is 9.26. The van der Waals surface area contributed by atoms with Gasteiger partial charge in [0, 0.05) is 0 Å². The molecule has 0 aromatic heterocycles. The number of esters is 1. The molecule has 0 aliphatic heterocycles. The first-order valence-corrected chi connectivity index (χ1v) is 11.2. The maximum atomic E-state index is 12.8. The highest BCUT2D eigenvalue weighted by Crippen LogP contribution is 2.48. The van der Waals surface area contributed by atoms with Crippen molar-refractivity contribution in [3.63, 3.8) is 0 Å². The van der Waals surface area contributed by atoms with Crippen molar-refractivity contribution < 1.29 is 28.5 Å². The molecule has 0 radical (unpaired) electrons. The van der Waals surface area contributed by atoms with E-state index in [9.17, 15) is 19.0 Å².